The van der Waals surface area contributed by atoms with Gasteiger partial charge in [-0.1, -0.05) is 30.3 Å². The lowest BCUT2D eigenvalue weighted by Crippen LogP contribution is -2.09. The highest BCUT2D eigenvalue weighted by Crippen LogP contribution is 2.33. The van der Waals surface area contributed by atoms with Gasteiger partial charge in [0, 0.05) is 22.5 Å². The van der Waals surface area contributed by atoms with Gasteiger partial charge in [-0.25, -0.2) is 9.78 Å². The molecular weight excluding hydrogens is 294 g/mol. The standard InChI is InChI=1S/C18H15NO4/c1-22-18(21)17-14(11-20)16-12(10-19-17)6-5-9-15(16)23-13-7-3-2-4-8-13/h2-10,20H,11H2,1H3. The Hall–Kier alpha value is -2.92. The van der Waals surface area contributed by atoms with Crippen molar-refractivity contribution in [2.75, 3.05) is 7.11 Å². The molecule has 0 atom stereocenters. The Labute approximate surface area is 133 Å². The summed E-state index contributed by atoms with van der Waals surface area (Å²) in [6.45, 7) is -0.343. The van der Waals surface area contributed by atoms with Gasteiger partial charge >= 0.3 is 5.97 Å². The van der Waals surface area contributed by atoms with E-state index in [1.165, 1.54) is 7.11 Å². The summed E-state index contributed by atoms with van der Waals surface area (Å²) in [6.07, 6.45) is 1.57. The lowest BCUT2D eigenvalue weighted by molar-refractivity contribution is 0.0590. The number of fused-ring (bicyclic) bond motifs is 1. The number of pyridine rings is 1. The van der Waals surface area contributed by atoms with Gasteiger partial charge in [0.1, 0.15) is 11.5 Å². The molecule has 0 bridgehead atoms. The maximum atomic E-state index is 11.9. The summed E-state index contributed by atoms with van der Waals surface area (Å²) in [5.74, 6) is 0.621. The smallest absolute Gasteiger partial charge is 0.357 e. The van der Waals surface area contributed by atoms with Crippen LogP contribution in [0.2, 0.25) is 0 Å². The fraction of sp³-hybridized carbons (Fsp3) is 0.111. The van der Waals surface area contributed by atoms with Crippen LogP contribution in [0, 0.1) is 0 Å². The van der Waals surface area contributed by atoms with Crippen molar-refractivity contribution in [1.82, 2.24) is 4.98 Å². The minimum absolute atomic E-state index is 0.0895. The third kappa shape index (κ3) is 2.86. The van der Waals surface area contributed by atoms with Crippen LogP contribution in [-0.2, 0) is 11.3 Å². The number of hydrogen-bond acceptors (Lipinski definition) is 5. The number of carbonyl (C=O) groups is 1. The van der Waals surface area contributed by atoms with E-state index >= 15 is 0 Å². The van der Waals surface area contributed by atoms with Crippen LogP contribution in [0.25, 0.3) is 10.8 Å². The molecule has 0 amide bonds. The Morgan fingerprint density at radius 2 is 1.91 bits per heavy atom. The number of carbonyl (C=O) groups excluding carboxylic acids is 1. The zero-order valence-corrected chi connectivity index (χ0v) is 12.5. The van der Waals surface area contributed by atoms with Crippen molar-refractivity contribution in [1.29, 1.82) is 0 Å². The van der Waals surface area contributed by atoms with Gasteiger partial charge in [-0.3, -0.25) is 0 Å². The van der Waals surface area contributed by atoms with E-state index in [1.807, 2.05) is 42.5 Å². The second-order valence-corrected chi connectivity index (χ2v) is 4.87. The van der Waals surface area contributed by atoms with Gasteiger partial charge in [0.05, 0.1) is 13.7 Å². The number of methoxy groups -OCH3 is 1. The van der Waals surface area contributed by atoms with Crippen LogP contribution in [0.1, 0.15) is 16.1 Å². The number of para-hydroxylation sites is 1. The maximum Gasteiger partial charge on any atom is 0.357 e. The molecule has 0 aliphatic carbocycles. The summed E-state index contributed by atoms with van der Waals surface area (Å²) >= 11 is 0. The molecule has 0 fully saturated rings. The molecule has 2 aromatic carbocycles. The van der Waals surface area contributed by atoms with E-state index in [9.17, 15) is 9.90 Å². The molecule has 5 heteroatoms. The lowest BCUT2D eigenvalue weighted by atomic mass is 10.0. The van der Waals surface area contributed by atoms with Crippen LogP contribution < -0.4 is 4.74 Å². The van der Waals surface area contributed by atoms with E-state index in [2.05, 4.69) is 4.98 Å². The normalized spacial score (nSPS) is 10.5. The Morgan fingerprint density at radius 1 is 1.13 bits per heavy atom. The minimum Gasteiger partial charge on any atom is -0.464 e. The molecule has 3 aromatic rings. The van der Waals surface area contributed by atoms with Gasteiger partial charge in [-0.2, -0.15) is 0 Å². The number of benzene rings is 2. The van der Waals surface area contributed by atoms with Crippen molar-refractivity contribution in [2.45, 2.75) is 6.61 Å². The molecule has 0 unspecified atom stereocenters. The summed E-state index contributed by atoms with van der Waals surface area (Å²) in [6, 6.07) is 14.8. The Balaban J connectivity index is 2.20. The van der Waals surface area contributed by atoms with E-state index < -0.39 is 5.97 Å². The number of aliphatic hydroxyl groups is 1. The first-order valence-corrected chi connectivity index (χ1v) is 7.07. The maximum absolute atomic E-state index is 11.9. The minimum atomic E-state index is -0.592. The van der Waals surface area contributed by atoms with Gasteiger partial charge in [0.25, 0.3) is 0 Å². The van der Waals surface area contributed by atoms with Gasteiger partial charge in [-0.15, -0.1) is 0 Å². The Bertz CT molecular complexity index is 846. The molecule has 3 rings (SSSR count). The van der Waals surface area contributed by atoms with Gasteiger partial charge < -0.3 is 14.6 Å². The number of hydrogen-bond donors (Lipinski definition) is 1. The fourth-order valence-electron chi connectivity index (χ4n) is 2.44. The van der Waals surface area contributed by atoms with Crippen LogP contribution in [0.5, 0.6) is 11.5 Å². The van der Waals surface area contributed by atoms with Crippen molar-refractivity contribution < 1.29 is 19.4 Å². The molecule has 5 nitrogen and oxygen atoms in total. The fourth-order valence-corrected chi connectivity index (χ4v) is 2.44. The molecule has 1 heterocycles. The van der Waals surface area contributed by atoms with Crippen LogP contribution in [0.4, 0.5) is 0 Å². The van der Waals surface area contributed by atoms with Crippen molar-refractivity contribution in [3.8, 4) is 11.5 Å². The molecule has 116 valence electrons. The average molecular weight is 309 g/mol. The van der Waals surface area contributed by atoms with Crippen molar-refractivity contribution in [3.63, 3.8) is 0 Å². The molecule has 1 aromatic heterocycles. The first kappa shape index (κ1) is 15.0. The molecule has 0 radical (unpaired) electrons. The summed E-state index contributed by atoms with van der Waals surface area (Å²) in [5.41, 5.74) is 0.479. The number of nitrogens with zero attached hydrogens (tertiary/aromatic N) is 1. The predicted molar refractivity (Wildman–Crippen MR) is 85.5 cm³/mol. The monoisotopic (exact) mass is 309 g/mol. The first-order chi connectivity index (χ1) is 11.2. The molecule has 0 spiro atoms. The molecule has 0 aliphatic rings. The van der Waals surface area contributed by atoms with Crippen molar-refractivity contribution in [3.05, 3.63) is 66.0 Å². The van der Waals surface area contributed by atoms with Gasteiger partial charge in [0.2, 0.25) is 0 Å². The second kappa shape index (κ2) is 6.46. The molecular formula is C18H15NO4. The van der Waals surface area contributed by atoms with Crippen LogP contribution >= 0.6 is 0 Å². The van der Waals surface area contributed by atoms with Crippen molar-refractivity contribution >= 4 is 16.7 Å². The molecule has 0 aliphatic heterocycles. The third-order valence-electron chi connectivity index (χ3n) is 3.49. The number of aliphatic hydroxyl groups excluding tert-OH is 1. The molecule has 0 saturated carbocycles. The van der Waals surface area contributed by atoms with E-state index in [0.717, 1.165) is 5.39 Å². The Kier molecular flexibility index (Phi) is 4.21. The SMILES string of the molecule is COC(=O)c1ncc2cccc(Oc3ccccc3)c2c1CO. The average Bonchev–Trinajstić information content (AvgIpc) is 2.61. The third-order valence-corrected chi connectivity index (χ3v) is 3.49. The quantitative estimate of drug-likeness (QED) is 0.749. The topological polar surface area (TPSA) is 68.7 Å². The largest absolute Gasteiger partial charge is 0.464 e. The van der Waals surface area contributed by atoms with Crippen LogP contribution in [-0.4, -0.2) is 23.2 Å². The summed E-state index contributed by atoms with van der Waals surface area (Å²) in [7, 11) is 1.28. The van der Waals surface area contributed by atoms with E-state index in [1.54, 1.807) is 12.3 Å². The number of aromatic nitrogens is 1. The summed E-state index contributed by atoms with van der Waals surface area (Å²) in [4.78, 5) is 16.0. The lowest BCUT2D eigenvalue weighted by Gasteiger charge is -2.13. The predicted octanol–water partition coefficient (Wildman–Crippen LogP) is 3.31. The van der Waals surface area contributed by atoms with Crippen LogP contribution in [0.3, 0.4) is 0 Å². The summed E-state index contributed by atoms with van der Waals surface area (Å²) in [5, 5.41) is 11.2. The summed E-state index contributed by atoms with van der Waals surface area (Å²) < 4.78 is 10.6. The number of ether oxygens (including phenoxy) is 2. The van der Waals surface area contributed by atoms with E-state index in [-0.39, 0.29) is 12.3 Å². The van der Waals surface area contributed by atoms with Gasteiger partial charge in [-0.05, 0) is 18.2 Å². The van der Waals surface area contributed by atoms with E-state index in [4.69, 9.17) is 9.47 Å². The highest BCUT2D eigenvalue weighted by Gasteiger charge is 2.19. The zero-order valence-electron chi connectivity index (χ0n) is 12.5. The van der Waals surface area contributed by atoms with Crippen LogP contribution in [0.15, 0.2) is 54.7 Å². The van der Waals surface area contributed by atoms with Crippen molar-refractivity contribution in [2.24, 2.45) is 0 Å². The Morgan fingerprint density at radius 3 is 2.61 bits per heavy atom. The highest BCUT2D eigenvalue weighted by molar-refractivity contribution is 5.99. The first-order valence-electron chi connectivity index (χ1n) is 7.07. The number of rotatable bonds is 4. The molecule has 23 heavy (non-hydrogen) atoms. The molecule has 0 saturated heterocycles. The van der Waals surface area contributed by atoms with Gasteiger partial charge in [0.15, 0.2) is 5.69 Å². The highest BCUT2D eigenvalue weighted by atomic mass is 16.5. The number of esters is 1. The molecule has 1 N–H and O–H groups in total. The zero-order chi connectivity index (χ0) is 16.2. The van der Waals surface area contributed by atoms with E-state index in [0.29, 0.717) is 22.4 Å². The second-order valence-electron chi connectivity index (χ2n) is 4.87.